The van der Waals surface area contributed by atoms with Crippen LogP contribution in [0.2, 0.25) is 0 Å². The van der Waals surface area contributed by atoms with Crippen LogP contribution in [-0.4, -0.2) is 24.7 Å². The first-order valence-electron chi connectivity index (χ1n) is 8.78. The number of halogens is 1. The number of carbonyl (C=O) groups is 1. The number of hydrazine groups is 1. The largest absolute Gasteiger partial charge is 0.497 e. The van der Waals surface area contributed by atoms with E-state index < -0.39 is 11.7 Å². The molecule has 2 aromatic carbocycles. The lowest BCUT2D eigenvalue weighted by atomic mass is 10.2. The van der Waals surface area contributed by atoms with Gasteiger partial charge in [-0.05, 0) is 30.3 Å². The number of pyridine rings is 1. The van der Waals surface area contributed by atoms with Gasteiger partial charge >= 0.3 is 0 Å². The molecule has 0 saturated heterocycles. The zero-order valence-corrected chi connectivity index (χ0v) is 15.5. The molecule has 0 saturated carbocycles. The molecular formula is C20H18FN5O3. The van der Waals surface area contributed by atoms with Crippen LogP contribution < -0.4 is 31.0 Å². The smallest absolute Gasteiger partial charge is 0.274 e. The molecule has 9 heteroatoms. The predicted molar refractivity (Wildman–Crippen MR) is 106 cm³/mol. The van der Waals surface area contributed by atoms with E-state index in [0.29, 0.717) is 29.4 Å². The lowest BCUT2D eigenvalue weighted by Gasteiger charge is -2.17. The Hall–Kier alpha value is -3.85. The minimum absolute atomic E-state index is 0.0321. The molecule has 1 aliphatic rings. The van der Waals surface area contributed by atoms with E-state index in [2.05, 4.69) is 26.5 Å². The molecule has 0 fully saturated rings. The topological polar surface area (TPSA) is 96.5 Å². The lowest BCUT2D eigenvalue weighted by Crippen LogP contribution is -2.45. The molecule has 4 N–H and O–H groups in total. The average molecular weight is 395 g/mol. The molecule has 29 heavy (non-hydrogen) atoms. The zero-order chi connectivity index (χ0) is 20.2. The highest BCUT2D eigenvalue weighted by Gasteiger charge is 2.14. The van der Waals surface area contributed by atoms with Crippen LogP contribution in [0.15, 0.2) is 60.6 Å². The number of fused-ring (bicyclic) bond motifs is 1. The summed E-state index contributed by atoms with van der Waals surface area (Å²) in [5.41, 5.74) is 6.76. The molecular weight excluding hydrogens is 377 g/mol. The number of ether oxygens (including phenoxy) is 2. The van der Waals surface area contributed by atoms with Crippen LogP contribution in [0.5, 0.6) is 17.2 Å². The Labute approximate surface area is 165 Å². The minimum atomic E-state index is -0.608. The van der Waals surface area contributed by atoms with Crippen LogP contribution >= 0.6 is 0 Å². The van der Waals surface area contributed by atoms with Gasteiger partial charge in [0.1, 0.15) is 17.2 Å². The first-order chi connectivity index (χ1) is 14.1. The maximum atomic E-state index is 14.6. The molecule has 3 aromatic rings. The molecule has 148 valence electrons. The third-order valence-electron chi connectivity index (χ3n) is 4.22. The third kappa shape index (κ3) is 4.04. The number of anilines is 1. The van der Waals surface area contributed by atoms with Gasteiger partial charge in [0.25, 0.3) is 5.91 Å². The van der Waals surface area contributed by atoms with Crippen molar-refractivity contribution in [2.75, 3.05) is 19.1 Å². The number of amides is 1. The van der Waals surface area contributed by atoms with Gasteiger partial charge in [-0.3, -0.25) is 9.78 Å². The Kier molecular flexibility index (Phi) is 5.12. The number of aromatic nitrogens is 1. The third-order valence-corrected chi connectivity index (χ3v) is 4.22. The lowest BCUT2D eigenvalue weighted by molar-refractivity contribution is -0.113. The fraction of sp³-hybridized carbons (Fsp3) is 0.100. The molecule has 1 amide bonds. The normalized spacial score (nSPS) is 13.1. The van der Waals surface area contributed by atoms with Crippen molar-refractivity contribution in [3.05, 3.63) is 66.4 Å². The Morgan fingerprint density at radius 3 is 2.83 bits per heavy atom. The number of hydrogen-bond acceptors (Lipinski definition) is 7. The summed E-state index contributed by atoms with van der Waals surface area (Å²) in [6, 6.07) is 11.2. The van der Waals surface area contributed by atoms with E-state index in [-0.39, 0.29) is 11.4 Å². The Balaban J connectivity index is 1.54. The van der Waals surface area contributed by atoms with Crippen molar-refractivity contribution >= 4 is 22.5 Å². The molecule has 0 spiro atoms. The van der Waals surface area contributed by atoms with Crippen LogP contribution in [0.25, 0.3) is 10.9 Å². The van der Waals surface area contributed by atoms with Crippen LogP contribution in [0.4, 0.5) is 10.1 Å². The van der Waals surface area contributed by atoms with Crippen LogP contribution in [0.3, 0.4) is 0 Å². The average Bonchev–Trinajstić information content (AvgIpc) is 2.76. The fourth-order valence-corrected chi connectivity index (χ4v) is 2.80. The molecule has 8 nitrogen and oxygen atoms in total. The van der Waals surface area contributed by atoms with E-state index in [1.807, 2.05) is 0 Å². The van der Waals surface area contributed by atoms with Gasteiger partial charge in [-0.2, -0.15) is 0 Å². The number of rotatable bonds is 5. The van der Waals surface area contributed by atoms with Gasteiger partial charge in [-0.15, -0.1) is 0 Å². The summed E-state index contributed by atoms with van der Waals surface area (Å²) in [5, 5.41) is 6.21. The van der Waals surface area contributed by atoms with Gasteiger partial charge in [-0.1, -0.05) is 0 Å². The van der Waals surface area contributed by atoms with Crippen LogP contribution in [0.1, 0.15) is 0 Å². The number of hydrogen-bond donors (Lipinski definition) is 4. The zero-order valence-electron chi connectivity index (χ0n) is 15.5. The molecule has 1 aliphatic heterocycles. The highest BCUT2D eigenvalue weighted by molar-refractivity contribution is 6.03. The second kappa shape index (κ2) is 8.03. The van der Waals surface area contributed by atoms with E-state index in [1.54, 1.807) is 43.6 Å². The Bertz CT molecular complexity index is 1100. The first-order valence-corrected chi connectivity index (χ1v) is 8.78. The number of carbonyl (C=O) groups excluding carboxylic acids is 1. The van der Waals surface area contributed by atoms with Gasteiger partial charge in [0.2, 0.25) is 0 Å². The van der Waals surface area contributed by atoms with Crippen LogP contribution in [-0.2, 0) is 4.79 Å². The summed E-state index contributed by atoms with van der Waals surface area (Å²) in [7, 11) is 1.57. The molecule has 2 heterocycles. The van der Waals surface area contributed by atoms with Crippen molar-refractivity contribution in [3.8, 4) is 17.2 Å². The summed E-state index contributed by atoms with van der Waals surface area (Å²) in [4.78, 5) is 16.4. The quantitative estimate of drug-likeness (QED) is 0.527. The number of nitrogens with one attached hydrogen (secondary N) is 4. The minimum Gasteiger partial charge on any atom is -0.497 e. The van der Waals surface area contributed by atoms with Gasteiger partial charge < -0.3 is 25.5 Å². The molecule has 4 rings (SSSR count). The SMILES string of the molecule is COc1ccc2c(Oc3ccc(NC(=O)C4=CNCNN4)cc3F)ccnc2c1. The summed E-state index contributed by atoms with van der Waals surface area (Å²) in [5.74, 6) is 0.142. The second-order valence-corrected chi connectivity index (χ2v) is 6.13. The second-order valence-electron chi connectivity index (χ2n) is 6.13. The fourth-order valence-electron chi connectivity index (χ4n) is 2.80. The highest BCUT2D eigenvalue weighted by atomic mass is 19.1. The molecule has 0 atom stereocenters. The van der Waals surface area contributed by atoms with Crippen molar-refractivity contribution in [2.45, 2.75) is 0 Å². The maximum absolute atomic E-state index is 14.6. The molecule has 0 unspecified atom stereocenters. The molecule has 1 aromatic heterocycles. The van der Waals surface area contributed by atoms with E-state index in [4.69, 9.17) is 9.47 Å². The first kappa shape index (κ1) is 18.5. The monoisotopic (exact) mass is 395 g/mol. The van der Waals surface area contributed by atoms with E-state index in [1.165, 1.54) is 18.3 Å². The molecule has 0 radical (unpaired) electrons. The van der Waals surface area contributed by atoms with Crippen molar-refractivity contribution in [1.29, 1.82) is 0 Å². The number of methoxy groups -OCH3 is 1. The van der Waals surface area contributed by atoms with Crippen molar-refractivity contribution in [1.82, 2.24) is 21.2 Å². The Morgan fingerprint density at radius 1 is 1.17 bits per heavy atom. The van der Waals surface area contributed by atoms with Gasteiger partial charge in [0.05, 0.1) is 19.3 Å². The summed E-state index contributed by atoms with van der Waals surface area (Å²) in [6.45, 7) is 0.494. The molecule has 0 bridgehead atoms. The summed E-state index contributed by atoms with van der Waals surface area (Å²) < 4.78 is 25.5. The molecule has 0 aliphatic carbocycles. The number of nitrogens with zero attached hydrogens (tertiary/aromatic N) is 1. The summed E-state index contributed by atoms with van der Waals surface area (Å²) >= 11 is 0. The number of benzene rings is 2. The maximum Gasteiger partial charge on any atom is 0.274 e. The van der Waals surface area contributed by atoms with Gasteiger partial charge in [-0.25, -0.2) is 9.82 Å². The van der Waals surface area contributed by atoms with E-state index in [0.717, 1.165) is 5.39 Å². The van der Waals surface area contributed by atoms with Crippen molar-refractivity contribution < 1.29 is 18.7 Å². The summed E-state index contributed by atoms with van der Waals surface area (Å²) in [6.07, 6.45) is 3.11. The van der Waals surface area contributed by atoms with E-state index >= 15 is 0 Å². The Morgan fingerprint density at radius 2 is 2.07 bits per heavy atom. The van der Waals surface area contributed by atoms with Crippen LogP contribution in [0, 0.1) is 5.82 Å². The van der Waals surface area contributed by atoms with Crippen molar-refractivity contribution in [3.63, 3.8) is 0 Å². The van der Waals surface area contributed by atoms with Gasteiger partial charge in [0.15, 0.2) is 11.6 Å². The highest BCUT2D eigenvalue weighted by Crippen LogP contribution is 2.32. The van der Waals surface area contributed by atoms with E-state index in [9.17, 15) is 9.18 Å². The predicted octanol–water partition coefficient (Wildman–Crippen LogP) is 2.61. The van der Waals surface area contributed by atoms with Gasteiger partial charge in [0, 0.05) is 35.6 Å². The van der Waals surface area contributed by atoms with Crippen molar-refractivity contribution in [2.24, 2.45) is 0 Å². The standard InChI is InChI=1S/C20H18FN5O3/c1-28-13-3-4-14-16(9-13)23-7-6-18(14)29-19-5-2-12(8-15(19)21)25-20(27)17-10-22-11-24-26-17/h2-10,22,24,26H,11H2,1H3,(H,25,27).